The van der Waals surface area contributed by atoms with Crippen LogP contribution in [0.3, 0.4) is 0 Å². The van der Waals surface area contributed by atoms with Gasteiger partial charge in [0.1, 0.15) is 17.5 Å². The fraction of sp³-hybridized carbons (Fsp3) is 0.133. The van der Waals surface area contributed by atoms with Gasteiger partial charge >= 0.3 is 0 Å². The quantitative estimate of drug-likeness (QED) is 0.930. The van der Waals surface area contributed by atoms with Crippen LogP contribution in [0.1, 0.15) is 16.7 Å². The highest BCUT2D eigenvalue weighted by atomic mass is 19.1. The average Bonchev–Trinajstić information content (AvgIpc) is 2.43. The minimum absolute atomic E-state index is 0.0131. The number of rotatable bonds is 4. The molecule has 0 aliphatic heterocycles. The molecule has 0 unspecified atom stereocenters. The summed E-state index contributed by atoms with van der Waals surface area (Å²) < 4.78 is 39.9. The van der Waals surface area contributed by atoms with Crippen LogP contribution in [0.5, 0.6) is 0 Å². The number of hydrogen-bond donors (Lipinski definition) is 1. The maximum absolute atomic E-state index is 13.6. The molecule has 20 heavy (non-hydrogen) atoms. The number of benzene rings is 2. The van der Waals surface area contributed by atoms with E-state index in [1.54, 1.807) is 18.2 Å². The third-order valence-electron chi connectivity index (χ3n) is 2.81. The van der Waals surface area contributed by atoms with Crippen molar-refractivity contribution in [3.63, 3.8) is 0 Å². The molecule has 102 valence electrons. The molecule has 2 rings (SSSR count). The van der Waals surface area contributed by atoms with Gasteiger partial charge in [-0.3, -0.25) is 0 Å². The summed E-state index contributed by atoms with van der Waals surface area (Å²) in [4.78, 5) is 0. The maximum Gasteiger partial charge on any atom is 0.131 e. The van der Waals surface area contributed by atoms with Gasteiger partial charge in [-0.1, -0.05) is 12.1 Å². The molecule has 0 aromatic heterocycles. The van der Waals surface area contributed by atoms with Gasteiger partial charge in [-0.05, 0) is 29.8 Å². The Morgan fingerprint density at radius 3 is 2.10 bits per heavy atom. The van der Waals surface area contributed by atoms with E-state index in [1.807, 2.05) is 0 Å². The first kappa shape index (κ1) is 14.1. The first-order chi connectivity index (χ1) is 9.60. The van der Waals surface area contributed by atoms with Crippen molar-refractivity contribution in [3.05, 3.63) is 70.5 Å². The fourth-order valence-corrected chi connectivity index (χ4v) is 1.77. The molecule has 0 heterocycles. The molecule has 0 amide bonds. The molecule has 0 saturated carbocycles. The SMILES string of the molecule is N#Cc1cc(F)c(CNCc2ccc(F)cc2)c(F)c1. The van der Waals surface area contributed by atoms with Gasteiger partial charge in [-0.2, -0.15) is 5.26 Å². The number of nitrogens with zero attached hydrogens (tertiary/aromatic N) is 1. The summed E-state index contributed by atoms with van der Waals surface area (Å²) in [6, 6.07) is 9.50. The standard InChI is InChI=1S/C15H11F3N2/c16-12-3-1-10(2-4-12)8-20-9-13-14(17)5-11(7-19)6-15(13)18/h1-6,20H,8-9H2. The molecule has 2 aromatic rings. The summed E-state index contributed by atoms with van der Waals surface area (Å²) in [5.74, 6) is -1.85. The van der Waals surface area contributed by atoms with Gasteiger partial charge < -0.3 is 5.32 Å². The Hall–Kier alpha value is -2.32. The summed E-state index contributed by atoms with van der Waals surface area (Å²) in [6.07, 6.45) is 0. The van der Waals surface area contributed by atoms with Gasteiger partial charge in [-0.15, -0.1) is 0 Å². The predicted molar refractivity (Wildman–Crippen MR) is 68.0 cm³/mol. The van der Waals surface area contributed by atoms with Crippen LogP contribution >= 0.6 is 0 Å². The molecule has 0 radical (unpaired) electrons. The highest BCUT2D eigenvalue weighted by Crippen LogP contribution is 2.15. The molecule has 2 nitrogen and oxygen atoms in total. The zero-order valence-corrected chi connectivity index (χ0v) is 10.5. The van der Waals surface area contributed by atoms with E-state index in [-0.39, 0.29) is 23.5 Å². The lowest BCUT2D eigenvalue weighted by molar-refractivity contribution is 0.534. The van der Waals surface area contributed by atoms with Crippen LogP contribution in [0, 0.1) is 28.8 Å². The van der Waals surface area contributed by atoms with Crippen molar-refractivity contribution in [3.8, 4) is 6.07 Å². The molecule has 0 aliphatic carbocycles. The zero-order valence-electron chi connectivity index (χ0n) is 10.5. The van der Waals surface area contributed by atoms with Crippen molar-refractivity contribution >= 4 is 0 Å². The maximum atomic E-state index is 13.6. The van der Waals surface area contributed by atoms with E-state index in [4.69, 9.17) is 5.26 Å². The third-order valence-corrected chi connectivity index (χ3v) is 2.81. The van der Waals surface area contributed by atoms with Gasteiger partial charge in [0.15, 0.2) is 0 Å². The summed E-state index contributed by atoms with van der Waals surface area (Å²) in [5.41, 5.74) is 0.634. The van der Waals surface area contributed by atoms with Crippen LogP contribution in [0.4, 0.5) is 13.2 Å². The van der Waals surface area contributed by atoms with Crippen LogP contribution in [-0.4, -0.2) is 0 Å². The number of hydrogen-bond acceptors (Lipinski definition) is 2. The van der Waals surface area contributed by atoms with Crippen LogP contribution in [0.15, 0.2) is 36.4 Å². The van der Waals surface area contributed by atoms with Gasteiger partial charge in [0.05, 0.1) is 11.6 Å². The van der Waals surface area contributed by atoms with Crippen LogP contribution in [-0.2, 0) is 13.1 Å². The Morgan fingerprint density at radius 2 is 1.55 bits per heavy atom. The Morgan fingerprint density at radius 1 is 0.950 bits per heavy atom. The minimum Gasteiger partial charge on any atom is -0.308 e. The highest BCUT2D eigenvalue weighted by Gasteiger charge is 2.10. The van der Waals surface area contributed by atoms with E-state index in [2.05, 4.69) is 5.32 Å². The van der Waals surface area contributed by atoms with Crippen molar-refractivity contribution in [2.45, 2.75) is 13.1 Å². The monoisotopic (exact) mass is 276 g/mol. The third kappa shape index (κ3) is 3.37. The number of nitrogens with one attached hydrogen (secondary N) is 1. The van der Waals surface area contributed by atoms with Gasteiger partial charge in [-0.25, -0.2) is 13.2 Å². The van der Waals surface area contributed by atoms with E-state index in [9.17, 15) is 13.2 Å². The predicted octanol–water partition coefficient (Wildman–Crippen LogP) is 3.27. The second-order valence-corrected chi connectivity index (χ2v) is 4.26. The largest absolute Gasteiger partial charge is 0.308 e. The lowest BCUT2D eigenvalue weighted by Crippen LogP contribution is -2.15. The molecule has 0 saturated heterocycles. The van der Waals surface area contributed by atoms with Crippen molar-refractivity contribution in [1.29, 1.82) is 5.26 Å². The van der Waals surface area contributed by atoms with E-state index in [0.29, 0.717) is 6.54 Å². The molecular weight excluding hydrogens is 265 g/mol. The topological polar surface area (TPSA) is 35.8 Å². The Labute approximate surface area is 114 Å². The summed E-state index contributed by atoms with van der Waals surface area (Å²) in [7, 11) is 0. The normalized spacial score (nSPS) is 10.3. The highest BCUT2D eigenvalue weighted by molar-refractivity contribution is 5.34. The Bertz CT molecular complexity index is 622. The van der Waals surface area contributed by atoms with E-state index in [1.165, 1.54) is 12.1 Å². The lowest BCUT2D eigenvalue weighted by Gasteiger charge is -2.08. The second kappa shape index (κ2) is 6.22. The fourth-order valence-electron chi connectivity index (χ4n) is 1.77. The second-order valence-electron chi connectivity index (χ2n) is 4.26. The first-order valence-corrected chi connectivity index (χ1v) is 5.93. The van der Waals surface area contributed by atoms with Crippen LogP contribution < -0.4 is 5.32 Å². The van der Waals surface area contributed by atoms with E-state index >= 15 is 0 Å². The Kier molecular flexibility index (Phi) is 4.38. The smallest absolute Gasteiger partial charge is 0.131 e. The molecule has 0 bridgehead atoms. The van der Waals surface area contributed by atoms with E-state index in [0.717, 1.165) is 17.7 Å². The minimum atomic E-state index is -0.756. The number of halogens is 3. The van der Waals surface area contributed by atoms with Crippen molar-refractivity contribution < 1.29 is 13.2 Å². The van der Waals surface area contributed by atoms with Crippen molar-refractivity contribution in [2.75, 3.05) is 0 Å². The van der Waals surface area contributed by atoms with Gasteiger partial charge in [0, 0.05) is 18.7 Å². The van der Waals surface area contributed by atoms with Crippen LogP contribution in [0.25, 0.3) is 0 Å². The molecule has 0 fully saturated rings. The molecule has 0 atom stereocenters. The van der Waals surface area contributed by atoms with Crippen molar-refractivity contribution in [1.82, 2.24) is 5.32 Å². The molecule has 2 aromatic carbocycles. The average molecular weight is 276 g/mol. The first-order valence-electron chi connectivity index (χ1n) is 5.93. The van der Waals surface area contributed by atoms with Gasteiger partial charge in [0.25, 0.3) is 0 Å². The molecular formula is C15H11F3N2. The van der Waals surface area contributed by atoms with E-state index < -0.39 is 11.6 Å². The summed E-state index contributed by atoms with van der Waals surface area (Å²) in [5, 5.41) is 11.5. The number of nitriles is 1. The lowest BCUT2D eigenvalue weighted by atomic mass is 10.1. The van der Waals surface area contributed by atoms with Gasteiger partial charge in [0.2, 0.25) is 0 Å². The molecule has 0 aliphatic rings. The molecule has 1 N–H and O–H groups in total. The summed E-state index contributed by atoms with van der Waals surface area (Å²) in [6.45, 7) is 0.347. The Balaban J connectivity index is 2.01. The summed E-state index contributed by atoms with van der Waals surface area (Å²) >= 11 is 0. The van der Waals surface area contributed by atoms with Crippen LogP contribution in [0.2, 0.25) is 0 Å². The molecule has 0 spiro atoms. The zero-order chi connectivity index (χ0) is 14.5. The van der Waals surface area contributed by atoms with Crippen molar-refractivity contribution in [2.24, 2.45) is 0 Å². The molecule has 5 heteroatoms.